The first-order valence-electron chi connectivity index (χ1n) is 10.2. The molecule has 0 bridgehead atoms. The third-order valence-corrected chi connectivity index (χ3v) is 6.14. The van der Waals surface area contributed by atoms with Crippen molar-refractivity contribution in [2.75, 3.05) is 11.1 Å². The smallest absolute Gasteiger partial charge is 0.234 e. The van der Waals surface area contributed by atoms with E-state index in [0.29, 0.717) is 15.5 Å². The molecule has 0 saturated heterocycles. The molecule has 0 saturated carbocycles. The molecular weight excluding hydrogens is 526 g/mol. The number of hydrogen-bond acceptors (Lipinski definition) is 5. The molecule has 1 heterocycles. The number of carbonyl (C=O) groups is 1. The Morgan fingerprint density at radius 3 is 2.53 bits per heavy atom. The van der Waals surface area contributed by atoms with Crippen LogP contribution in [0.5, 0.6) is 5.75 Å². The van der Waals surface area contributed by atoms with E-state index in [4.69, 9.17) is 4.74 Å². The largest absolute Gasteiger partial charge is 0.480 e. The van der Waals surface area contributed by atoms with Crippen molar-refractivity contribution in [1.82, 2.24) is 14.8 Å². The topological polar surface area (TPSA) is 69.0 Å². The van der Waals surface area contributed by atoms with Crippen LogP contribution in [0.4, 0.5) is 14.5 Å². The van der Waals surface area contributed by atoms with Gasteiger partial charge in [0, 0.05) is 10.2 Å². The lowest BCUT2D eigenvalue weighted by Gasteiger charge is -2.17. The molecule has 0 aliphatic rings. The Bertz CT molecular complexity index is 1300. The van der Waals surface area contributed by atoms with E-state index in [1.165, 1.54) is 24.3 Å². The second-order valence-electron chi connectivity index (χ2n) is 7.16. The molecule has 1 amide bonds. The highest BCUT2D eigenvalue weighted by Crippen LogP contribution is 2.29. The van der Waals surface area contributed by atoms with Crippen molar-refractivity contribution >= 4 is 39.3 Å². The normalized spacial score (nSPS) is 11.8. The zero-order valence-electron chi connectivity index (χ0n) is 17.9. The summed E-state index contributed by atoms with van der Waals surface area (Å²) in [5.74, 6) is -0.901. The van der Waals surface area contributed by atoms with Gasteiger partial charge in [0.1, 0.15) is 5.82 Å². The lowest BCUT2D eigenvalue weighted by molar-refractivity contribution is -0.113. The Morgan fingerprint density at radius 1 is 1.06 bits per heavy atom. The molecule has 1 unspecified atom stereocenters. The second kappa shape index (κ2) is 10.8. The number of para-hydroxylation sites is 2. The molecule has 34 heavy (non-hydrogen) atoms. The maximum atomic E-state index is 14.1. The summed E-state index contributed by atoms with van der Waals surface area (Å²) in [6.07, 6.45) is -0.635. The van der Waals surface area contributed by atoms with Gasteiger partial charge in [-0.2, -0.15) is 0 Å². The summed E-state index contributed by atoms with van der Waals surface area (Å²) in [7, 11) is 0. The van der Waals surface area contributed by atoms with Crippen molar-refractivity contribution in [3.8, 4) is 11.4 Å². The molecule has 6 nitrogen and oxygen atoms in total. The summed E-state index contributed by atoms with van der Waals surface area (Å²) in [6, 6.07) is 19.8. The van der Waals surface area contributed by atoms with Crippen LogP contribution in [0.25, 0.3) is 5.69 Å². The van der Waals surface area contributed by atoms with E-state index < -0.39 is 23.6 Å². The fourth-order valence-electron chi connectivity index (χ4n) is 3.15. The van der Waals surface area contributed by atoms with Crippen molar-refractivity contribution in [3.63, 3.8) is 0 Å². The molecule has 1 atom stereocenters. The molecule has 0 spiro atoms. The number of amides is 1. The lowest BCUT2D eigenvalue weighted by Crippen LogP contribution is -2.16. The van der Waals surface area contributed by atoms with Crippen LogP contribution in [0.1, 0.15) is 18.9 Å². The Hall–Kier alpha value is -3.24. The highest BCUT2D eigenvalue weighted by Gasteiger charge is 2.22. The van der Waals surface area contributed by atoms with Gasteiger partial charge in [0.05, 0.1) is 11.4 Å². The van der Waals surface area contributed by atoms with E-state index in [0.717, 1.165) is 17.4 Å². The number of carbonyl (C=O) groups excluding carboxylic acids is 1. The van der Waals surface area contributed by atoms with Gasteiger partial charge in [0.15, 0.2) is 28.7 Å². The van der Waals surface area contributed by atoms with Gasteiger partial charge in [-0.15, -0.1) is 10.2 Å². The van der Waals surface area contributed by atoms with Gasteiger partial charge in [-0.3, -0.25) is 9.36 Å². The molecule has 4 rings (SSSR count). The monoisotopic (exact) mass is 544 g/mol. The predicted octanol–water partition coefficient (Wildman–Crippen LogP) is 6.18. The second-order valence-corrected chi connectivity index (χ2v) is 9.02. The zero-order valence-corrected chi connectivity index (χ0v) is 20.3. The van der Waals surface area contributed by atoms with Gasteiger partial charge in [0.25, 0.3) is 0 Å². The van der Waals surface area contributed by atoms with Crippen molar-refractivity contribution in [2.24, 2.45) is 0 Å². The lowest BCUT2D eigenvalue weighted by atomic mass is 10.3. The minimum absolute atomic E-state index is 0.0248. The molecule has 0 aliphatic heterocycles. The summed E-state index contributed by atoms with van der Waals surface area (Å²) in [5, 5.41) is 11.5. The number of ether oxygens (including phenoxy) is 1. The van der Waals surface area contributed by atoms with Crippen LogP contribution in [0.3, 0.4) is 0 Å². The zero-order chi connectivity index (χ0) is 24.1. The third-order valence-electron chi connectivity index (χ3n) is 4.71. The van der Waals surface area contributed by atoms with Gasteiger partial charge in [-0.25, -0.2) is 8.78 Å². The Balaban J connectivity index is 1.55. The van der Waals surface area contributed by atoms with Gasteiger partial charge < -0.3 is 10.1 Å². The molecule has 4 aromatic rings. The average molecular weight is 545 g/mol. The van der Waals surface area contributed by atoms with Crippen molar-refractivity contribution < 1.29 is 18.3 Å². The average Bonchev–Trinajstić information content (AvgIpc) is 3.26. The van der Waals surface area contributed by atoms with Crippen LogP contribution in [0.2, 0.25) is 0 Å². The number of thioether (sulfide) groups is 1. The molecule has 10 heteroatoms. The maximum Gasteiger partial charge on any atom is 0.234 e. The van der Waals surface area contributed by atoms with Crippen LogP contribution in [0, 0.1) is 11.6 Å². The molecular formula is C24H19BrF2N4O2S. The number of rotatable bonds is 8. The summed E-state index contributed by atoms with van der Waals surface area (Å²) in [4.78, 5) is 12.5. The number of halogens is 3. The highest BCUT2D eigenvalue weighted by molar-refractivity contribution is 9.10. The van der Waals surface area contributed by atoms with Crippen LogP contribution < -0.4 is 10.1 Å². The molecule has 1 aromatic heterocycles. The van der Waals surface area contributed by atoms with Crippen molar-refractivity contribution in [1.29, 1.82) is 0 Å². The quantitative estimate of drug-likeness (QED) is 0.268. The standard InChI is InChI=1S/C24H19BrF2N4O2S/c1-15(33-21-10-6-5-9-18(21)26)23-29-30-24(31(23)17-7-3-2-4-8-17)34-14-22(32)28-20-12-11-16(25)13-19(20)27/h2-13,15H,14H2,1H3,(H,28,32). The summed E-state index contributed by atoms with van der Waals surface area (Å²) in [6.45, 7) is 1.74. The van der Waals surface area contributed by atoms with Gasteiger partial charge in [-0.05, 0) is 49.4 Å². The van der Waals surface area contributed by atoms with E-state index in [-0.39, 0.29) is 17.2 Å². The number of hydrogen-bond donors (Lipinski definition) is 1. The SMILES string of the molecule is CC(Oc1ccccc1F)c1nnc(SCC(=O)Nc2ccc(Br)cc2F)n1-c1ccccc1. The van der Waals surface area contributed by atoms with Crippen LogP contribution in [-0.4, -0.2) is 26.4 Å². The van der Waals surface area contributed by atoms with Gasteiger partial charge >= 0.3 is 0 Å². The minimum atomic E-state index is -0.635. The van der Waals surface area contributed by atoms with E-state index in [9.17, 15) is 13.6 Å². The van der Waals surface area contributed by atoms with Crippen LogP contribution in [-0.2, 0) is 4.79 Å². The maximum absolute atomic E-state index is 14.1. The Morgan fingerprint density at radius 2 is 1.79 bits per heavy atom. The Labute approximate surface area is 207 Å². The molecule has 0 fully saturated rings. The first kappa shape index (κ1) is 23.9. The number of anilines is 1. The highest BCUT2D eigenvalue weighted by atomic mass is 79.9. The van der Waals surface area contributed by atoms with E-state index in [1.54, 1.807) is 29.7 Å². The number of nitrogens with zero attached hydrogens (tertiary/aromatic N) is 3. The molecule has 0 radical (unpaired) electrons. The summed E-state index contributed by atoms with van der Waals surface area (Å²) in [5.41, 5.74) is 0.847. The molecule has 174 valence electrons. The molecule has 1 N–H and O–H groups in total. The number of aromatic nitrogens is 3. The van der Waals surface area contributed by atoms with Crippen molar-refractivity contribution in [2.45, 2.75) is 18.2 Å². The van der Waals surface area contributed by atoms with Gasteiger partial charge in [0.2, 0.25) is 5.91 Å². The number of benzene rings is 3. The molecule has 0 aliphatic carbocycles. The van der Waals surface area contributed by atoms with Gasteiger partial charge in [-0.1, -0.05) is 58.0 Å². The minimum Gasteiger partial charge on any atom is -0.480 e. The first-order valence-corrected chi connectivity index (χ1v) is 12.0. The summed E-state index contributed by atoms with van der Waals surface area (Å²) < 4.78 is 36.3. The van der Waals surface area contributed by atoms with E-state index in [1.807, 2.05) is 30.3 Å². The predicted molar refractivity (Wildman–Crippen MR) is 130 cm³/mol. The van der Waals surface area contributed by atoms with E-state index in [2.05, 4.69) is 31.4 Å². The third kappa shape index (κ3) is 5.63. The fourth-order valence-corrected chi connectivity index (χ4v) is 4.24. The fraction of sp³-hybridized carbons (Fsp3) is 0.125. The van der Waals surface area contributed by atoms with Crippen molar-refractivity contribution in [3.05, 3.63) is 94.7 Å². The Kier molecular flexibility index (Phi) is 7.59. The number of nitrogens with one attached hydrogen (secondary N) is 1. The summed E-state index contributed by atoms with van der Waals surface area (Å²) >= 11 is 4.33. The van der Waals surface area contributed by atoms with Crippen LogP contribution >= 0.6 is 27.7 Å². The molecule has 3 aromatic carbocycles. The first-order chi connectivity index (χ1) is 16.4. The van der Waals surface area contributed by atoms with E-state index >= 15 is 0 Å². The van der Waals surface area contributed by atoms with Crippen LogP contribution in [0.15, 0.2) is 82.4 Å².